The van der Waals surface area contributed by atoms with Gasteiger partial charge in [0.25, 0.3) is 0 Å². The minimum absolute atomic E-state index is 0.632. The van der Waals surface area contributed by atoms with Crippen LogP contribution in [0.3, 0.4) is 0 Å². The number of pyridine rings is 2. The Kier molecular flexibility index (Phi) is 5.48. The highest BCUT2D eigenvalue weighted by atomic mass is 16.5. The van der Waals surface area contributed by atoms with Crippen LogP contribution in [0, 0.1) is 0 Å². The van der Waals surface area contributed by atoms with E-state index < -0.39 is 0 Å². The van der Waals surface area contributed by atoms with Gasteiger partial charge in [0.2, 0.25) is 0 Å². The molecule has 1 aliphatic heterocycles. The maximum absolute atomic E-state index is 5.90. The summed E-state index contributed by atoms with van der Waals surface area (Å²) >= 11 is 0. The Labute approximate surface area is 158 Å². The number of nitrogens with zero attached hydrogens (tertiary/aromatic N) is 4. The number of ether oxygens (including phenoxy) is 2. The molecule has 0 bridgehead atoms. The zero-order valence-electron chi connectivity index (χ0n) is 15.6. The van der Waals surface area contributed by atoms with Crippen molar-refractivity contribution in [1.29, 1.82) is 0 Å². The number of likely N-dealkylation sites (tertiary alicyclic amines) is 1. The fraction of sp³-hybridized carbons (Fsp3) is 0.450. The standard InChI is InChI=1S/C20H25N5O2/c1-26-19-12-16(11-15-5-6-17-18(23-15)13-22-24-17)21-14-20(19)27-10-4-9-25-7-2-3-8-25/h5-6,12-14H,2-4,7-11H2,1H3,(H,22,24). The molecule has 3 aromatic rings. The summed E-state index contributed by atoms with van der Waals surface area (Å²) in [5.41, 5.74) is 3.63. The van der Waals surface area contributed by atoms with E-state index in [0.717, 1.165) is 35.4 Å². The third-order valence-electron chi connectivity index (χ3n) is 4.90. The van der Waals surface area contributed by atoms with Crippen molar-refractivity contribution in [3.63, 3.8) is 0 Å². The predicted molar refractivity (Wildman–Crippen MR) is 103 cm³/mol. The lowest BCUT2D eigenvalue weighted by Gasteiger charge is -2.15. The zero-order valence-corrected chi connectivity index (χ0v) is 15.6. The van der Waals surface area contributed by atoms with E-state index in [2.05, 4.69) is 25.1 Å². The van der Waals surface area contributed by atoms with Crippen molar-refractivity contribution < 1.29 is 9.47 Å². The van der Waals surface area contributed by atoms with Gasteiger partial charge in [-0.3, -0.25) is 10.1 Å². The molecule has 0 radical (unpaired) electrons. The van der Waals surface area contributed by atoms with Gasteiger partial charge in [0.05, 0.1) is 37.3 Å². The number of fused-ring (bicyclic) bond motifs is 1. The van der Waals surface area contributed by atoms with E-state index in [-0.39, 0.29) is 0 Å². The number of aromatic amines is 1. The fourth-order valence-corrected chi connectivity index (χ4v) is 3.46. The quantitative estimate of drug-likeness (QED) is 0.617. The summed E-state index contributed by atoms with van der Waals surface area (Å²) in [4.78, 5) is 11.6. The van der Waals surface area contributed by atoms with E-state index >= 15 is 0 Å². The van der Waals surface area contributed by atoms with Crippen molar-refractivity contribution >= 4 is 11.0 Å². The smallest absolute Gasteiger partial charge is 0.179 e. The van der Waals surface area contributed by atoms with Crippen LogP contribution >= 0.6 is 0 Å². The number of rotatable bonds is 8. The lowest BCUT2D eigenvalue weighted by Crippen LogP contribution is -2.22. The van der Waals surface area contributed by atoms with E-state index in [9.17, 15) is 0 Å². The van der Waals surface area contributed by atoms with Gasteiger partial charge in [-0.2, -0.15) is 5.10 Å². The molecule has 0 saturated carbocycles. The number of aromatic nitrogens is 4. The van der Waals surface area contributed by atoms with Gasteiger partial charge in [-0.25, -0.2) is 4.98 Å². The molecule has 1 N–H and O–H groups in total. The van der Waals surface area contributed by atoms with E-state index in [1.54, 1.807) is 19.5 Å². The number of H-pyrrole nitrogens is 1. The van der Waals surface area contributed by atoms with Gasteiger partial charge in [-0.05, 0) is 44.5 Å². The van der Waals surface area contributed by atoms with Crippen LogP contribution in [0.25, 0.3) is 11.0 Å². The van der Waals surface area contributed by atoms with Crippen LogP contribution in [0.1, 0.15) is 30.7 Å². The minimum Gasteiger partial charge on any atom is -0.493 e. The second-order valence-electron chi connectivity index (χ2n) is 6.86. The lowest BCUT2D eigenvalue weighted by atomic mass is 10.2. The second kappa shape index (κ2) is 8.35. The first-order valence-corrected chi connectivity index (χ1v) is 9.49. The molecule has 0 amide bonds. The highest BCUT2D eigenvalue weighted by Gasteiger charge is 2.12. The molecule has 142 valence electrons. The van der Waals surface area contributed by atoms with Crippen molar-refractivity contribution in [3.05, 3.63) is 42.0 Å². The van der Waals surface area contributed by atoms with Gasteiger partial charge < -0.3 is 14.4 Å². The number of methoxy groups -OCH3 is 1. The maximum atomic E-state index is 5.90. The van der Waals surface area contributed by atoms with Gasteiger partial charge in [-0.15, -0.1) is 0 Å². The molecule has 1 fully saturated rings. The number of nitrogens with one attached hydrogen (secondary N) is 1. The first-order valence-electron chi connectivity index (χ1n) is 9.49. The van der Waals surface area contributed by atoms with Crippen LogP contribution in [0.5, 0.6) is 11.5 Å². The van der Waals surface area contributed by atoms with Gasteiger partial charge in [0.1, 0.15) is 5.52 Å². The molecule has 7 nitrogen and oxygen atoms in total. The van der Waals surface area contributed by atoms with Gasteiger partial charge in [0.15, 0.2) is 11.5 Å². The Balaban J connectivity index is 1.36. The monoisotopic (exact) mass is 367 g/mol. The molecule has 4 rings (SSSR count). The van der Waals surface area contributed by atoms with Crippen LogP contribution in [-0.4, -0.2) is 58.4 Å². The molecular formula is C20H25N5O2. The zero-order chi connectivity index (χ0) is 18.5. The average Bonchev–Trinajstić information content (AvgIpc) is 3.37. The normalized spacial score (nSPS) is 14.7. The summed E-state index contributed by atoms with van der Waals surface area (Å²) in [6.07, 6.45) is 7.77. The summed E-state index contributed by atoms with van der Waals surface area (Å²) in [7, 11) is 1.66. The van der Waals surface area contributed by atoms with Crippen LogP contribution in [0.2, 0.25) is 0 Å². The highest BCUT2D eigenvalue weighted by Crippen LogP contribution is 2.27. The molecule has 3 aromatic heterocycles. The summed E-state index contributed by atoms with van der Waals surface area (Å²) in [5, 5.41) is 6.92. The van der Waals surface area contributed by atoms with Crippen molar-refractivity contribution in [3.8, 4) is 11.5 Å². The first kappa shape index (κ1) is 17.7. The minimum atomic E-state index is 0.632. The Hall–Kier alpha value is -2.67. The third kappa shape index (κ3) is 4.36. The maximum Gasteiger partial charge on any atom is 0.179 e. The largest absolute Gasteiger partial charge is 0.493 e. The Morgan fingerprint density at radius 1 is 1.11 bits per heavy atom. The number of hydrogen-bond acceptors (Lipinski definition) is 6. The van der Waals surface area contributed by atoms with Crippen LogP contribution in [-0.2, 0) is 6.42 Å². The van der Waals surface area contributed by atoms with E-state index in [1.807, 2.05) is 18.2 Å². The van der Waals surface area contributed by atoms with Gasteiger partial charge >= 0.3 is 0 Å². The van der Waals surface area contributed by atoms with E-state index in [1.165, 1.54) is 25.9 Å². The Morgan fingerprint density at radius 2 is 2.00 bits per heavy atom. The van der Waals surface area contributed by atoms with Crippen molar-refractivity contribution in [1.82, 2.24) is 25.1 Å². The van der Waals surface area contributed by atoms with Crippen LogP contribution in [0.15, 0.2) is 30.6 Å². The van der Waals surface area contributed by atoms with Crippen molar-refractivity contribution in [2.75, 3.05) is 33.4 Å². The molecule has 4 heterocycles. The van der Waals surface area contributed by atoms with Gasteiger partial charge in [-0.1, -0.05) is 0 Å². The topological polar surface area (TPSA) is 76.2 Å². The molecule has 7 heteroatoms. The molecule has 0 unspecified atom stereocenters. The lowest BCUT2D eigenvalue weighted by molar-refractivity contribution is 0.253. The molecule has 1 saturated heterocycles. The van der Waals surface area contributed by atoms with E-state index in [0.29, 0.717) is 24.5 Å². The molecule has 0 atom stereocenters. The SMILES string of the molecule is COc1cc(Cc2ccc3[nH]ncc3n2)ncc1OCCCN1CCCC1. The Bertz CT molecular complexity index is 889. The van der Waals surface area contributed by atoms with Crippen LogP contribution < -0.4 is 9.47 Å². The Morgan fingerprint density at radius 3 is 2.85 bits per heavy atom. The fourth-order valence-electron chi connectivity index (χ4n) is 3.46. The molecule has 0 aromatic carbocycles. The van der Waals surface area contributed by atoms with Gasteiger partial charge in [0, 0.05) is 24.7 Å². The molecule has 1 aliphatic rings. The summed E-state index contributed by atoms with van der Waals surface area (Å²) in [5.74, 6) is 1.41. The number of hydrogen-bond donors (Lipinski definition) is 1. The van der Waals surface area contributed by atoms with E-state index in [4.69, 9.17) is 9.47 Å². The average molecular weight is 367 g/mol. The van der Waals surface area contributed by atoms with Crippen molar-refractivity contribution in [2.24, 2.45) is 0 Å². The molecule has 0 spiro atoms. The summed E-state index contributed by atoms with van der Waals surface area (Å²) < 4.78 is 11.4. The first-order chi connectivity index (χ1) is 13.3. The summed E-state index contributed by atoms with van der Waals surface area (Å²) in [6, 6.07) is 5.90. The van der Waals surface area contributed by atoms with Crippen LogP contribution in [0.4, 0.5) is 0 Å². The summed E-state index contributed by atoms with van der Waals surface area (Å²) in [6.45, 7) is 4.21. The molecule has 27 heavy (non-hydrogen) atoms. The second-order valence-corrected chi connectivity index (χ2v) is 6.86. The molecule has 0 aliphatic carbocycles. The third-order valence-corrected chi connectivity index (χ3v) is 4.90. The van der Waals surface area contributed by atoms with Crippen molar-refractivity contribution in [2.45, 2.75) is 25.7 Å². The molecular weight excluding hydrogens is 342 g/mol. The predicted octanol–water partition coefficient (Wildman–Crippen LogP) is 2.82. The highest BCUT2D eigenvalue weighted by molar-refractivity contribution is 5.73.